The molecule has 0 unspecified atom stereocenters. The minimum absolute atomic E-state index is 0.327. The quantitative estimate of drug-likeness (QED) is 0.915. The second-order valence-corrected chi connectivity index (χ2v) is 5.45. The first-order chi connectivity index (χ1) is 8.56. The van der Waals surface area contributed by atoms with Crippen LogP contribution in [-0.4, -0.2) is 16.1 Å². The molecule has 1 aromatic heterocycles. The van der Waals surface area contributed by atoms with Gasteiger partial charge >= 0.3 is 5.97 Å². The maximum atomic E-state index is 10.9. The number of hydrogen-bond donors (Lipinski definition) is 1. The van der Waals surface area contributed by atoms with Crippen molar-refractivity contribution in [3.8, 4) is 0 Å². The Labute approximate surface area is 110 Å². The monoisotopic (exact) mass is 261 g/mol. The summed E-state index contributed by atoms with van der Waals surface area (Å²) in [4.78, 5) is 15.4. The summed E-state index contributed by atoms with van der Waals surface area (Å²) in [6.07, 6.45) is 0.693. The van der Waals surface area contributed by atoms with E-state index in [2.05, 4.69) is 24.2 Å². The topological polar surface area (TPSA) is 50.2 Å². The van der Waals surface area contributed by atoms with Crippen molar-refractivity contribution >= 4 is 17.3 Å². The molecular weight excluding hydrogens is 246 g/mol. The zero-order valence-electron chi connectivity index (χ0n) is 10.4. The summed E-state index contributed by atoms with van der Waals surface area (Å²) in [6.45, 7) is 4.23. The van der Waals surface area contributed by atoms with Gasteiger partial charge in [-0.15, -0.1) is 11.3 Å². The second kappa shape index (κ2) is 5.31. The van der Waals surface area contributed by atoms with Gasteiger partial charge in [-0.1, -0.05) is 26.0 Å². The minimum Gasteiger partial charge on any atom is -0.478 e. The lowest BCUT2D eigenvalue weighted by atomic mass is 10.1. The number of hydrogen-bond acceptors (Lipinski definition) is 3. The molecule has 2 rings (SSSR count). The lowest BCUT2D eigenvalue weighted by molar-refractivity contribution is 0.0697. The van der Waals surface area contributed by atoms with Crippen LogP contribution in [0.3, 0.4) is 0 Å². The SMILES string of the molecule is CC(C)c1csc(Cc2cccc(C(=O)O)c2)n1. The molecule has 0 bridgehead atoms. The first kappa shape index (κ1) is 12.8. The summed E-state index contributed by atoms with van der Waals surface area (Å²) in [5.74, 6) is -0.459. The van der Waals surface area contributed by atoms with Crippen LogP contribution in [0, 0.1) is 0 Å². The molecule has 0 amide bonds. The molecule has 0 atom stereocenters. The Hall–Kier alpha value is -1.68. The zero-order chi connectivity index (χ0) is 13.1. The molecule has 0 spiro atoms. The molecule has 0 fully saturated rings. The molecule has 0 aliphatic rings. The third-order valence-corrected chi connectivity index (χ3v) is 3.56. The van der Waals surface area contributed by atoms with Gasteiger partial charge in [-0.3, -0.25) is 0 Å². The summed E-state index contributed by atoms with van der Waals surface area (Å²) < 4.78 is 0. The Morgan fingerprint density at radius 3 is 2.83 bits per heavy atom. The first-order valence-electron chi connectivity index (χ1n) is 5.83. The van der Waals surface area contributed by atoms with Crippen LogP contribution in [0.25, 0.3) is 0 Å². The zero-order valence-corrected chi connectivity index (χ0v) is 11.2. The Kier molecular flexibility index (Phi) is 3.77. The molecule has 3 nitrogen and oxygen atoms in total. The standard InChI is InChI=1S/C14H15NO2S/c1-9(2)12-8-18-13(15-12)7-10-4-3-5-11(6-10)14(16)17/h3-6,8-9H,7H2,1-2H3,(H,16,17). The average Bonchev–Trinajstić information content (AvgIpc) is 2.78. The van der Waals surface area contributed by atoms with Crippen LogP contribution in [0.4, 0.5) is 0 Å². The Morgan fingerprint density at radius 1 is 1.44 bits per heavy atom. The van der Waals surface area contributed by atoms with Crippen molar-refractivity contribution in [2.45, 2.75) is 26.2 Å². The van der Waals surface area contributed by atoms with E-state index in [4.69, 9.17) is 5.11 Å². The fraction of sp³-hybridized carbons (Fsp3) is 0.286. The summed E-state index contributed by atoms with van der Waals surface area (Å²) >= 11 is 1.63. The molecule has 94 valence electrons. The van der Waals surface area contributed by atoms with E-state index in [0.29, 0.717) is 17.9 Å². The number of carboxylic acids is 1. The van der Waals surface area contributed by atoms with Crippen molar-refractivity contribution in [2.75, 3.05) is 0 Å². The van der Waals surface area contributed by atoms with Gasteiger partial charge in [-0.25, -0.2) is 9.78 Å². The second-order valence-electron chi connectivity index (χ2n) is 4.50. The highest BCUT2D eigenvalue weighted by Gasteiger charge is 2.08. The predicted molar refractivity (Wildman–Crippen MR) is 72.4 cm³/mol. The van der Waals surface area contributed by atoms with Crippen LogP contribution in [0.2, 0.25) is 0 Å². The van der Waals surface area contributed by atoms with E-state index in [1.54, 1.807) is 29.5 Å². The molecule has 1 aromatic carbocycles. The number of carboxylic acid groups (broad SMARTS) is 1. The Bertz CT molecular complexity index is 560. The first-order valence-corrected chi connectivity index (χ1v) is 6.70. The predicted octanol–water partition coefficient (Wildman–Crippen LogP) is 3.56. The van der Waals surface area contributed by atoms with Crippen molar-refractivity contribution in [1.29, 1.82) is 0 Å². The molecule has 1 N–H and O–H groups in total. The lowest BCUT2D eigenvalue weighted by Gasteiger charge is -2.01. The van der Waals surface area contributed by atoms with Gasteiger partial charge in [0.2, 0.25) is 0 Å². The number of thiazole rings is 1. The van der Waals surface area contributed by atoms with Gasteiger partial charge in [0.15, 0.2) is 0 Å². The highest BCUT2D eigenvalue weighted by atomic mass is 32.1. The van der Waals surface area contributed by atoms with Gasteiger partial charge in [0.25, 0.3) is 0 Å². The molecule has 1 heterocycles. The number of benzene rings is 1. The molecule has 4 heteroatoms. The number of aromatic carboxylic acids is 1. The van der Waals surface area contributed by atoms with Crippen molar-refractivity contribution in [1.82, 2.24) is 4.98 Å². The third kappa shape index (κ3) is 2.96. The smallest absolute Gasteiger partial charge is 0.335 e. The number of rotatable bonds is 4. The van der Waals surface area contributed by atoms with E-state index in [0.717, 1.165) is 16.3 Å². The molecule has 2 aromatic rings. The van der Waals surface area contributed by atoms with Gasteiger partial charge in [0, 0.05) is 11.8 Å². The minimum atomic E-state index is -0.890. The lowest BCUT2D eigenvalue weighted by Crippen LogP contribution is -1.98. The van der Waals surface area contributed by atoms with E-state index in [9.17, 15) is 4.79 Å². The van der Waals surface area contributed by atoms with Crippen LogP contribution in [0.1, 0.15) is 46.4 Å². The molecule has 18 heavy (non-hydrogen) atoms. The molecule has 0 saturated heterocycles. The molecular formula is C14H15NO2S. The molecule has 0 aliphatic carbocycles. The molecule has 0 saturated carbocycles. The van der Waals surface area contributed by atoms with Crippen molar-refractivity contribution in [3.63, 3.8) is 0 Å². The number of nitrogens with zero attached hydrogens (tertiary/aromatic N) is 1. The fourth-order valence-corrected chi connectivity index (χ4v) is 2.65. The third-order valence-electron chi connectivity index (χ3n) is 2.69. The van der Waals surface area contributed by atoms with E-state index < -0.39 is 5.97 Å². The number of aromatic nitrogens is 1. The molecule has 0 radical (unpaired) electrons. The van der Waals surface area contributed by atoms with Crippen LogP contribution < -0.4 is 0 Å². The van der Waals surface area contributed by atoms with E-state index >= 15 is 0 Å². The summed E-state index contributed by atoms with van der Waals surface area (Å²) in [5.41, 5.74) is 2.41. The fourth-order valence-electron chi connectivity index (χ4n) is 1.66. The highest BCUT2D eigenvalue weighted by Crippen LogP contribution is 2.20. The van der Waals surface area contributed by atoms with Gasteiger partial charge in [-0.05, 0) is 23.6 Å². The van der Waals surface area contributed by atoms with Crippen LogP contribution >= 0.6 is 11.3 Å². The van der Waals surface area contributed by atoms with E-state index in [1.165, 1.54) is 0 Å². The van der Waals surface area contributed by atoms with Crippen molar-refractivity contribution < 1.29 is 9.90 Å². The van der Waals surface area contributed by atoms with E-state index in [-0.39, 0.29) is 0 Å². The molecule has 0 aliphatic heterocycles. The Morgan fingerprint density at radius 2 is 2.22 bits per heavy atom. The van der Waals surface area contributed by atoms with Gasteiger partial charge in [0.05, 0.1) is 16.3 Å². The van der Waals surface area contributed by atoms with Crippen LogP contribution in [0.15, 0.2) is 29.6 Å². The van der Waals surface area contributed by atoms with Gasteiger partial charge in [-0.2, -0.15) is 0 Å². The summed E-state index contributed by atoms with van der Waals surface area (Å²) in [5, 5.41) is 12.0. The Balaban J connectivity index is 2.17. The number of carbonyl (C=O) groups is 1. The maximum Gasteiger partial charge on any atom is 0.335 e. The van der Waals surface area contributed by atoms with Gasteiger partial charge in [0.1, 0.15) is 0 Å². The van der Waals surface area contributed by atoms with Crippen LogP contribution in [0.5, 0.6) is 0 Å². The van der Waals surface area contributed by atoms with Crippen molar-refractivity contribution in [3.05, 3.63) is 51.5 Å². The average molecular weight is 261 g/mol. The normalized spacial score (nSPS) is 10.8. The highest BCUT2D eigenvalue weighted by molar-refractivity contribution is 7.09. The van der Waals surface area contributed by atoms with E-state index in [1.807, 2.05) is 6.07 Å². The maximum absolute atomic E-state index is 10.9. The van der Waals surface area contributed by atoms with Crippen molar-refractivity contribution in [2.24, 2.45) is 0 Å². The largest absolute Gasteiger partial charge is 0.478 e. The van der Waals surface area contributed by atoms with Gasteiger partial charge < -0.3 is 5.11 Å². The summed E-state index contributed by atoms with van der Waals surface area (Å²) in [6, 6.07) is 7.02. The van der Waals surface area contributed by atoms with Crippen LogP contribution in [-0.2, 0) is 6.42 Å². The summed E-state index contributed by atoms with van der Waals surface area (Å²) in [7, 11) is 0.